The first-order chi connectivity index (χ1) is 19.0. The maximum Gasteiger partial charge on any atom is 0.303 e. The number of anilines is 1. The SMILES string of the molecule is CC(=O)OC(C)(C)CCNC(=O)c1ccc(N2CCN(C(=O)c3ccccc3CC(F)C(F)CCF)CC2)nn1. The van der Waals surface area contributed by atoms with Crippen molar-refractivity contribution >= 4 is 23.6 Å². The average molecular weight is 564 g/mol. The Bertz CT molecular complexity index is 1160. The van der Waals surface area contributed by atoms with Gasteiger partial charge in [0.05, 0.1) is 6.67 Å². The number of nitrogens with one attached hydrogen (secondary N) is 1. The van der Waals surface area contributed by atoms with Crippen molar-refractivity contribution in [2.45, 2.75) is 58.0 Å². The van der Waals surface area contributed by atoms with Gasteiger partial charge in [-0.05, 0) is 37.6 Å². The Morgan fingerprint density at radius 2 is 1.73 bits per heavy atom. The Morgan fingerprint density at radius 3 is 2.35 bits per heavy atom. The summed E-state index contributed by atoms with van der Waals surface area (Å²) < 4.78 is 45.7. The van der Waals surface area contributed by atoms with Gasteiger partial charge in [-0.25, -0.2) is 8.78 Å². The Balaban J connectivity index is 1.52. The zero-order valence-corrected chi connectivity index (χ0v) is 23.0. The number of esters is 1. The maximum atomic E-state index is 14.3. The summed E-state index contributed by atoms with van der Waals surface area (Å²) >= 11 is 0. The lowest BCUT2D eigenvalue weighted by Crippen LogP contribution is -2.49. The van der Waals surface area contributed by atoms with Crippen molar-refractivity contribution in [1.82, 2.24) is 20.4 Å². The molecule has 0 aliphatic carbocycles. The predicted molar refractivity (Wildman–Crippen MR) is 143 cm³/mol. The third kappa shape index (κ3) is 8.65. The van der Waals surface area contributed by atoms with Crippen molar-refractivity contribution in [2.24, 2.45) is 0 Å². The summed E-state index contributed by atoms with van der Waals surface area (Å²) in [5.41, 5.74) is 0.132. The number of hydrogen-bond donors (Lipinski definition) is 1. The molecule has 1 fully saturated rings. The summed E-state index contributed by atoms with van der Waals surface area (Å²) in [6.07, 6.45) is -4.19. The van der Waals surface area contributed by atoms with Crippen LogP contribution in [-0.4, -0.2) is 90.2 Å². The van der Waals surface area contributed by atoms with E-state index in [9.17, 15) is 27.6 Å². The van der Waals surface area contributed by atoms with E-state index in [-0.39, 0.29) is 24.0 Å². The highest BCUT2D eigenvalue weighted by atomic mass is 19.2. The molecule has 2 unspecified atom stereocenters. The third-order valence-electron chi connectivity index (χ3n) is 6.65. The van der Waals surface area contributed by atoms with Gasteiger partial charge in [-0.3, -0.25) is 18.8 Å². The van der Waals surface area contributed by atoms with Gasteiger partial charge in [-0.2, -0.15) is 0 Å². The van der Waals surface area contributed by atoms with Crippen LogP contribution in [0.3, 0.4) is 0 Å². The number of nitrogens with zero attached hydrogens (tertiary/aromatic N) is 4. The van der Waals surface area contributed by atoms with E-state index < -0.39 is 36.9 Å². The van der Waals surface area contributed by atoms with Crippen LogP contribution in [0.25, 0.3) is 0 Å². The second kappa shape index (κ2) is 14.1. The van der Waals surface area contributed by atoms with E-state index in [0.29, 0.717) is 56.1 Å². The van der Waals surface area contributed by atoms with Gasteiger partial charge in [-0.1, -0.05) is 18.2 Å². The zero-order chi connectivity index (χ0) is 29.3. The van der Waals surface area contributed by atoms with Crippen LogP contribution in [0.5, 0.6) is 0 Å². The lowest BCUT2D eigenvalue weighted by atomic mass is 9.98. The second-order valence-corrected chi connectivity index (χ2v) is 10.3. The maximum absolute atomic E-state index is 14.3. The van der Waals surface area contributed by atoms with Gasteiger partial charge < -0.3 is 19.9 Å². The largest absolute Gasteiger partial charge is 0.460 e. The van der Waals surface area contributed by atoms with E-state index in [0.717, 1.165) is 0 Å². The normalized spacial score (nSPS) is 15.3. The summed E-state index contributed by atoms with van der Waals surface area (Å²) in [7, 11) is 0. The fourth-order valence-electron chi connectivity index (χ4n) is 4.46. The number of aromatic nitrogens is 2. The first-order valence-electron chi connectivity index (χ1n) is 13.3. The number of amides is 2. The number of carbonyl (C=O) groups is 3. The molecule has 0 bridgehead atoms. The molecule has 1 aliphatic heterocycles. The van der Waals surface area contributed by atoms with E-state index >= 15 is 0 Å². The molecule has 0 radical (unpaired) electrons. The highest BCUT2D eigenvalue weighted by molar-refractivity contribution is 5.96. The first kappa shape index (κ1) is 30.8. The molecule has 0 saturated carbocycles. The molecule has 218 valence electrons. The molecule has 3 rings (SSSR count). The lowest BCUT2D eigenvalue weighted by Gasteiger charge is -2.35. The fraction of sp³-hybridized carbons (Fsp3) is 0.536. The molecule has 2 amide bonds. The smallest absolute Gasteiger partial charge is 0.303 e. The van der Waals surface area contributed by atoms with E-state index in [1.807, 2.05) is 4.90 Å². The van der Waals surface area contributed by atoms with Crippen LogP contribution in [0.2, 0.25) is 0 Å². The number of ether oxygens (including phenoxy) is 1. The second-order valence-electron chi connectivity index (χ2n) is 10.3. The lowest BCUT2D eigenvalue weighted by molar-refractivity contribution is -0.153. The van der Waals surface area contributed by atoms with Gasteiger partial charge in [0.1, 0.15) is 17.9 Å². The van der Waals surface area contributed by atoms with Gasteiger partial charge in [0.25, 0.3) is 11.8 Å². The van der Waals surface area contributed by atoms with Gasteiger partial charge in [-0.15, -0.1) is 10.2 Å². The van der Waals surface area contributed by atoms with E-state index in [1.54, 1.807) is 55.1 Å². The van der Waals surface area contributed by atoms with Gasteiger partial charge in [0.15, 0.2) is 11.5 Å². The molecule has 1 aliphatic rings. The summed E-state index contributed by atoms with van der Waals surface area (Å²) in [4.78, 5) is 40.4. The number of rotatable bonds is 12. The molecular formula is C28H36F3N5O4. The van der Waals surface area contributed by atoms with Crippen LogP contribution in [0.1, 0.15) is 60.0 Å². The van der Waals surface area contributed by atoms with Crippen molar-refractivity contribution in [3.63, 3.8) is 0 Å². The minimum atomic E-state index is -1.92. The van der Waals surface area contributed by atoms with E-state index in [1.165, 1.54) is 6.92 Å². The van der Waals surface area contributed by atoms with Gasteiger partial charge in [0, 0.05) is 64.5 Å². The monoisotopic (exact) mass is 563 g/mol. The molecule has 1 aromatic carbocycles. The van der Waals surface area contributed by atoms with Crippen molar-refractivity contribution in [2.75, 3.05) is 44.3 Å². The molecular weight excluding hydrogens is 527 g/mol. The molecule has 2 heterocycles. The molecule has 1 saturated heterocycles. The zero-order valence-electron chi connectivity index (χ0n) is 23.0. The standard InChI is InChI=1S/C28H36F3N5O4/c1-19(37)40-28(2,3)11-13-32-26(38)24-8-9-25(34-33-24)35-14-16-36(17-15-35)27(39)21-7-5-4-6-20(21)18-23(31)22(30)10-12-29/h4-9,22-23H,10-18H2,1-3H3,(H,32,38). The quantitative estimate of drug-likeness (QED) is 0.395. The number of hydrogen-bond acceptors (Lipinski definition) is 7. The molecule has 1 aromatic heterocycles. The van der Waals surface area contributed by atoms with E-state index in [2.05, 4.69) is 15.5 Å². The predicted octanol–water partition coefficient (Wildman–Crippen LogP) is 3.48. The Kier molecular flexibility index (Phi) is 10.9. The van der Waals surface area contributed by atoms with Crippen molar-refractivity contribution in [3.05, 3.63) is 53.2 Å². The molecule has 9 nitrogen and oxygen atoms in total. The van der Waals surface area contributed by atoms with Crippen LogP contribution in [0.15, 0.2) is 36.4 Å². The summed E-state index contributed by atoms with van der Waals surface area (Å²) in [5.74, 6) is -0.507. The summed E-state index contributed by atoms with van der Waals surface area (Å²) in [6.45, 7) is 5.90. The van der Waals surface area contributed by atoms with Gasteiger partial charge >= 0.3 is 5.97 Å². The number of alkyl halides is 3. The topological polar surface area (TPSA) is 105 Å². The number of benzene rings is 1. The third-order valence-corrected chi connectivity index (χ3v) is 6.65. The van der Waals surface area contributed by atoms with E-state index in [4.69, 9.17) is 4.74 Å². The summed E-state index contributed by atoms with van der Waals surface area (Å²) in [6, 6.07) is 9.76. The highest BCUT2D eigenvalue weighted by Crippen LogP contribution is 2.21. The fourth-order valence-corrected chi connectivity index (χ4v) is 4.46. The van der Waals surface area contributed by atoms with Crippen molar-refractivity contribution in [3.8, 4) is 0 Å². The average Bonchev–Trinajstić information content (AvgIpc) is 2.92. The highest BCUT2D eigenvalue weighted by Gasteiger charge is 2.27. The molecule has 0 spiro atoms. The van der Waals surface area contributed by atoms with Crippen molar-refractivity contribution in [1.29, 1.82) is 0 Å². The minimum absolute atomic E-state index is 0.146. The van der Waals surface area contributed by atoms with Crippen LogP contribution in [0, 0.1) is 0 Å². The first-order valence-corrected chi connectivity index (χ1v) is 13.3. The van der Waals surface area contributed by atoms with Crippen LogP contribution in [-0.2, 0) is 16.0 Å². The molecule has 2 atom stereocenters. The summed E-state index contributed by atoms with van der Waals surface area (Å²) in [5, 5.41) is 10.9. The van der Waals surface area contributed by atoms with Crippen LogP contribution >= 0.6 is 0 Å². The van der Waals surface area contributed by atoms with Crippen LogP contribution < -0.4 is 10.2 Å². The number of halogens is 3. The number of carbonyl (C=O) groups excluding carboxylic acids is 3. The molecule has 2 aromatic rings. The number of piperazine rings is 1. The molecule has 1 N–H and O–H groups in total. The molecule has 40 heavy (non-hydrogen) atoms. The van der Waals surface area contributed by atoms with Crippen LogP contribution in [0.4, 0.5) is 19.0 Å². The molecule has 12 heteroatoms. The minimum Gasteiger partial charge on any atom is -0.460 e. The van der Waals surface area contributed by atoms with Crippen molar-refractivity contribution < 1.29 is 32.3 Å². The van der Waals surface area contributed by atoms with Gasteiger partial charge in [0.2, 0.25) is 0 Å². The Hall–Kier alpha value is -3.70. The Morgan fingerprint density at radius 1 is 1.02 bits per heavy atom. The Labute approximate surface area is 232 Å².